The van der Waals surface area contributed by atoms with Gasteiger partial charge in [0.2, 0.25) is 0 Å². The van der Waals surface area contributed by atoms with Gasteiger partial charge in [-0.2, -0.15) is 5.10 Å². The zero-order valence-corrected chi connectivity index (χ0v) is 18.5. The van der Waals surface area contributed by atoms with Crippen molar-refractivity contribution in [3.63, 3.8) is 0 Å². The van der Waals surface area contributed by atoms with Gasteiger partial charge in [0.05, 0.1) is 31.1 Å². The third-order valence-electron chi connectivity index (χ3n) is 4.46. The van der Waals surface area contributed by atoms with Crippen LogP contribution in [0.25, 0.3) is 5.69 Å². The first kappa shape index (κ1) is 21.0. The SMILES string of the molecule is Cc1nn(-c2ccccc2)cc1CN=C(N)Nc1ccc2c(c1)OCCCO2.I. The van der Waals surface area contributed by atoms with E-state index in [9.17, 15) is 0 Å². The summed E-state index contributed by atoms with van der Waals surface area (Å²) < 4.78 is 13.2. The maximum Gasteiger partial charge on any atom is 0.193 e. The minimum Gasteiger partial charge on any atom is -0.490 e. The summed E-state index contributed by atoms with van der Waals surface area (Å²) in [4.78, 5) is 4.45. The van der Waals surface area contributed by atoms with E-state index in [1.165, 1.54) is 0 Å². The second kappa shape index (κ2) is 9.64. The molecule has 152 valence electrons. The maximum absolute atomic E-state index is 6.07. The molecule has 29 heavy (non-hydrogen) atoms. The van der Waals surface area contributed by atoms with Crippen LogP contribution in [0.2, 0.25) is 0 Å². The van der Waals surface area contributed by atoms with E-state index in [0.717, 1.165) is 40.6 Å². The van der Waals surface area contributed by atoms with Crippen molar-refractivity contribution in [2.24, 2.45) is 10.7 Å². The van der Waals surface area contributed by atoms with Gasteiger partial charge in [0.25, 0.3) is 0 Å². The van der Waals surface area contributed by atoms with Gasteiger partial charge in [-0.3, -0.25) is 0 Å². The Morgan fingerprint density at radius 3 is 2.69 bits per heavy atom. The molecule has 0 aliphatic carbocycles. The quantitative estimate of drug-likeness (QED) is 0.319. The normalized spacial score (nSPS) is 13.3. The Hall–Kier alpha value is -2.75. The van der Waals surface area contributed by atoms with Crippen molar-refractivity contribution >= 4 is 35.6 Å². The summed E-state index contributed by atoms with van der Waals surface area (Å²) in [5, 5.41) is 7.66. The molecule has 1 aliphatic heterocycles. The van der Waals surface area contributed by atoms with Crippen LogP contribution in [0.1, 0.15) is 17.7 Å². The standard InChI is InChI=1S/C21H23N5O2.HI/c1-15-16(14-26(25-15)18-6-3-2-4-7-18)13-23-21(22)24-17-8-9-19-20(12-17)28-11-5-10-27-19;/h2-4,6-9,12,14H,5,10-11,13H2,1H3,(H3,22,23,24);1H. The van der Waals surface area contributed by atoms with Crippen LogP contribution < -0.4 is 20.5 Å². The molecule has 0 atom stereocenters. The lowest BCUT2D eigenvalue weighted by Crippen LogP contribution is -2.22. The van der Waals surface area contributed by atoms with E-state index in [2.05, 4.69) is 15.4 Å². The van der Waals surface area contributed by atoms with Crippen LogP contribution >= 0.6 is 24.0 Å². The molecule has 0 fully saturated rings. The number of hydrogen-bond donors (Lipinski definition) is 2. The fourth-order valence-corrected chi connectivity index (χ4v) is 2.96. The average Bonchev–Trinajstić information content (AvgIpc) is 2.93. The number of hydrogen-bond acceptors (Lipinski definition) is 4. The molecule has 4 rings (SSSR count). The average molecular weight is 505 g/mol. The zero-order valence-electron chi connectivity index (χ0n) is 16.2. The Balaban J connectivity index is 0.00000240. The van der Waals surface area contributed by atoms with Crippen LogP contribution in [0.4, 0.5) is 5.69 Å². The molecule has 8 heteroatoms. The van der Waals surface area contributed by atoms with Gasteiger partial charge in [-0.15, -0.1) is 24.0 Å². The minimum absolute atomic E-state index is 0. The molecule has 0 saturated heterocycles. The number of nitrogens with zero attached hydrogens (tertiary/aromatic N) is 3. The monoisotopic (exact) mass is 505 g/mol. The number of fused-ring (bicyclic) bond motifs is 1. The highest BCUT2D eigenvalue weighted by atomic mass is 127. The van der Waals surface area contributed by atoms with Gasteiger partial charge in [0.1, 0.15) is 0 Å². The molecule has 3 aromatic rings. The molecule has 0 spiro atoms. The van der Waals surface area contributed by atoms with E-state index >= 15 is 0 Å². The van der Waals surface area contributed by atoms with Gasteiger partial charge in [0.15, 0.2) is 17.5 Å². The van der Waals surface area contributed by atoms with Gasteiger partial charge in [-0.05, 0) is 31.2 Å². The van der Waals surface area contributed by atoms with Crippen LogP contribution in [-0.4, -0.2) is 29.0 Å². The molecule has 0 unspecified atom stereocenters. The number of aliphatic imine (C=N–C) groups is 1. The van der Waals surface area contributed by atoms with Crippen molar-refractivity contribution in [3.05, 3.63) is 66.0 Å². The second-order valence-electron chi connectivity index (χ2n) is 6.56. The van der Waals surface area contributed by atoms with Crippen molar-refractivity contribution in [2.75, 3.05) is 18.5 Å². The number of halogens is 1. The number of nitrogens with two attached hydrogens (primary N) is 1. The van der Waals surface area contributed by atoms with Crippen molar-refractivity contribution in [1.82, 2.24) is 9.78 Å². The molecule has 1 aliphatic rings. The maximum atomic E-state index is 6.07. The third-order valence-corrected chi connectivity index (χ3v) is 4.46. The third kappa shape index (κ3) is 5.20. The Kier molecular flexibility index (Phi) is 6.97. The predicted octanol–water partition coefficient (Wildman–Crippen LogP) is 3.89. The summed E-state index contributed by atoms with van der Waals surface area (Å²) in [6.07, 6.45) is 2.85. The number of anilines is 1. The molecule has 0 bridgehead atoms. The highest BCUT2D eigenvalue weighted by molar-refractivity contribution is 14.0. The Labute approximate surface area is 186 Å². The molecule has 7 nitrogen and oxygen atoms in total. The Morgan fingerprint density at radius 1 is 1.14 bits per heavy atom. The van der Waals surface area contributed by atoms with E-state index in [0.29, 0.717) is 25.7 Å². The summed E-state index contributed by atoms with van der Waals surface area (Å²) in [6.45, 7) is 3.73. The lowest BCUT2D eigenvalue weighted by atomic mass is 10.2. The largest absolute Gasteiger partial charge is 0.490 e. The minimum atomic E-state index is 0. The van der Waals surface area contributed by atoms with E-state index < -0.39 is 0 Å². The molecule has 3 N–H and O–H groups in total. The Bertz CT molecular complexity index is 988. The fraction of sp³-hybridized carbons (Fsp3) is 0.238. The van der Waals surface area contributed by atoms with E-state index in [-0.39, 0.29) is 24.0 Å². The fourth-order valence-electron chi connectivity index (χ4n) is 2.96. The first-order chi connectivity index (χ1) is 13.7. The predicted molar refractivity (Wildman–Crippen MR) is 125 cm³/mol. The van der Waals surface area contributed by atoms with Gasteiger partial charge >= 0.3 is 0 Å². The van der Waals surface area contributed by atoms with Crippen molar-refractivity contribution in [2.45, 2.75) is 19.9 Å². The number of guanidine groups is 1. The van der Waals surface area contributed by atoms with Crippen LogP contribution in [-0.2, 0) is 6.54 Å². The van der Waals surface area contributed by atoms with Crippen LogP contribution in [0.15, 0.2) is 59.7 Å². The number of para-hydroxylation sites is 1. The van der Waals surface area contributed by atoms with Crippen LogP contribution in [0, 0.1) is 6.92 Å². The molecular formula is C21H24IN5O2. The lowest BCUT2D eigenvalue weighted by Gasteiger charge is -2.10. The molecule has 0 amide bonds. The molecule has 0 radical (unpaired) electrons. The number of benzene rings is 2. The molecular weight excluding hydrogens is 481 g/mol. The smallest absolute Gasteiger partial charge is 0.193 e. The van der Waals surface area contributed by atoms with Crippen LogP contribution in [0.3, 0.4) is 0 Å². The van der Waals surface area contributed by atoms with Crippen molar-refractivity contribution in [3.8, 4) is 17.2 Å². The molecule has 2 aromatic carbocycles. The van der Waals surface area contributed by atoms with E-state index in [1.807, 2.05) is 66.3 Å². The summed E-state index contributed by atoms with van der Waals surface area (Å²) in [6, 6.07) is 15.6. The first-order valence-corrected chi connectivity index (χ1v) is 9.26. The Morgan fingerprint density at radius 2 is 1.90 bits per heavy atom. The van der Waals surface area contributed by atoms with Crippen LogP contribution in [0.5, 0.6) is 11.5 Å². The highest BCUT2D eigenvalue weighted by Crippen LogP contribution is 2.32. The summed E-state index contributed by atoms with van der Waals surface area (Å²) >= 11 is 0. The van der Waals surface area contributed by atoms with E-state index in [4.69, 9.17) is 15.2 Å². The number of rotatable bonds is 4. The van der Waals surface area contributed by atoms with Crippen molar-refractivity contribution in [1.29, 1.82) is 0 Å². The molecule has 0 saturated carbocycles. The van der Waals surface area contributed by atoms with Gasteiger partial charge in [-0.1, -0.05) is 18.2 Å². The van der Waals surface area contributed by atoms with Crippen molar-refractivity contribution < 1.29 is 9.47 Å². The number of ether oxygens (including phenoxy) is 2. The summed E-state index contributed by atoms with van der Waals surface area (Å²) in [5.74, 6) is 1.80. The highest BCUT2D eigenvalue weighted by Gasteiger charge is 2.11. The molecule has 1 aromatic heterocycles. The topological polar surface area (TPSA) is 86.7 Å². The van der Waals surface area contributed by atoms with Gasteiger partial charge in [0, 0.05) is 29.9 Å². The summed E-state index contributed by atoms with van der Waals surface area (Å²) in [7, 11) is 0. The van der Waals surface area contributed by atoms with Gasteiger partial charge < -0.3 is 20.5 Å². The zero-order chi connectivity index (χ0) is 19.3. The number of aryl methyl sites for hydroxylation is 1. The number of nitrogens with one attached hydrogen (secondary N) is 1. The number of aromatic nitrogens is 2. The second-order valence-corrected chi connectivity index (χ2v) is 6.56. The van der Waals surface area contributed by atoms with E-state index in [1.54, 1.807) is 0 Å². The van der Waals surface area contributed by atoms with Gasteiger partial charge in [-0.25, -0.2) is 9.67 Å². The molecule has 2 heterocycles. The lowest BCUT2D eigenvalue weighted by molar-refractivity contribution is 0.297. The summed E-state index contributed by atoms with van der Waals surface area (Å²) in [5.41, 5.74) is 9.84. The first-order valence-electron chi connectivity index (χ1n) is 9.26.